The number of benzene rings is 2. The number of aromatic nitrogens is 1. The molecule has 3 rings (SSSR count). The minimum Gasteiger partial charge on any atom is -0.437 e. The Morgan fingerprint density at radius 2 is 1.74 bits per heavy atom. The second kappa shape index (κ2) is 11.0. The minimum absolute atomic E-state index is 0.0213. The van der Waals surface area contributed by atoms with Crippen LogP contribution in [0.25, 0.3) is 0 Å². The van der Waals surface area contributed by atoms with Crippen LogP contribution < -0.4 is 10.1 Å². The van der Waals surface area contributed by atoms with Gasteiger partial charge < -0.3 is 10.1 Å². The van der Waals surface area contributed by atoms with Gasteiger partial charge in [-0.25, -0.2) is 14.2 Å². The van der Waals surface area contributed by atoms with E-state index in [-0.39, 0.29) is 27.2 Å². The normalized spacial score (nSPS) is 12.1. The van der Waals surface area contributed by atoms with Crippen LogP contribution in [-0.4, -0.2) is 22.5 Å². The number of hydrogen-bond donors (Lipinski definition) is 1. The van der Waals surface area contributed by atoms with Crippen LogP contribution in [0.5, 0.6) is 11.6 Å². The molecule has 0 aliphatic heterocycles. The Labute approximate surface area is 212 Å². The SMILES string of the molecule is C[C@H](NC(=O)c1cc(Cl)cnc1Oc1ccc(F)cc1Cl)c1ccc(C(=O)OOC(C)(C)C)cc1. The molecule has 1 atom stereocenters. The molecule has 1 aromatic heterocycles. The van der Waals surface area contributed by atoms with Gasteiger partial charge in [0.05, 0.1) is 21.7 Å². The molecule has 2 aromatic carbocycles. The van der Waals surface area contributed by atoms with Crippen molar-refractivity contribution in [3.8, 4) is 11.6 Å². The summed E-state index contributed by atoms with van der Waals surface area (Å²) < 4.78 is 19.0. The van der Waals surface area contributed by atoms with Crippen LogP contribution in [0.3, 0.4) is 0 Å². The Morgan fingerprint density at radius 3 is 2.37 bits per heavy atom. The predicted octanol–water partition coefficient (Wildman–Crippen LogP) is 6.70. The number of carbonyl (C=O) groups excluding carboxylic acids is 2. The molecule has 0 saturated heterocycles. The van der Waals surface area contributed by atoms with Gasteiger partial charge in [-0.05, 0) is 69.7 Å². The Morgan fingerprint density at radius 1 is 1.06 bits per heavy atom. The van der Waals surface area contributed by atoms with E-state index in [4.69, 9.17) is 37.7 Å². The van der Waals surface area contributed by atoms with Crippen molar-refractivity contribution in [3.63, 3.8) is 0 Å². The van der Waals surface area contributed by atoms with Gasteiger partial charge in [-0.15, -0.1) is 0 Å². The van der Waals surface area contributed by atoms with Crippen LogP contribution >= 0.6 is 23.2 Å². The van der Waals surface area contributed by atoms with Crippen LogP contribution in [0.15, 0.2) is 54.7 Å². The maximum absolute atomic E-state index is 13.3. The molecule has 0 fully saturated rings. The molecule has 1 amide bonds. The van der Waals surface area contributed by atoms with Crippen molar-refractivity contribution in [2.24, 2.45) is 0 Å². The first-order valence-corrected chi connectivity index (χ1v) is 11.3. The summed E-state index contributed by atoms with van der Waals surface area (Å²) in [5, 5.41) is 3.08. The maximum Gasteiger partial charge on any atom is 0.373 e. The molecule has 0 spiro atoms. The van der Waals surface area contributed by atoms with Gasteiger partial charge in [0.15, 0.2) is 0 Å². The zero-order valence-electron chi connectivity index (χ0n) is 19.4. The lowest BCUT2D eigenvalue weighted by molar-refractivity contribution is -0.301. The number of ether oxygens (including phenoxy) is 1. The lowest BCUT2D eigenvalue weighted by Crippen LogP contribution is -2.27. The molecule has 10 heteroatoms. The molecule has 0 saturated carbocycles. The van der Waals surface area contributed by atoms with Gasteiger partial charge in [0.25, 0.3) is 5.91 Å². The van der Waals surface area contributed by atoms with Crippen molar-refractivity contribution in [2.45, 2.75) is 39.3 Å². The lowest BCUT2D eigenvalue weighted by Gasteiger charge is -2.17. The van der Waals surface area contributed by atoms with E-state index < -0.39 is 29.3 Å². The van der Waals surface area contributed by atoms with Gasteiger partial charge in [0.2, 0.25) is 5.88 Å². The Kier molecular flexibility index (Phi) is 8.32. The van der Waals surface area contributed by atoms with Crippen molar-refractivity contribution in [1.82, 2.24) is 10.3 Å². The molecule has 184 valence electrons. The van der Waals surface area contributed by atoms with E-state index in [2.05, 4.69) is 10.3 Å². The number of rotatable bonds is 7. The van der Waals surface area contributed by atoms with Gasteiger partial charge in [-0.1, -0.05) is 35.3 Å². The molecule has 1 N–H and O–H groups in total. The van der Waals surface area contributed by atoms with E-state index in [1.165, 1.54) is 24.4 Å². The van der Waals surface area contributed by atoms with Crippen LogP contribution in [-0.2, 0) is 9.78 Å². The van der Waals surface area contributed by atoms with Crippen LogP contribution in [0.2, 0.25) is 10.0 Å². The molecule has 1 heterocycles. The highest BCUT2D eigenvalue weighted by atomic mass is 35.5. The number of halogens is 3. The standard InChI is InChI=1S/C25H23Cl2FN2O5/c1-14(15-5-7-16(8-6-15)24(32)34-35-25(2,3)4)30-22(31)19-11-17(26)13-29-23(19)33-21-10-9-18(28)12-20(21)27/h5-14H,1-4H3,(H,30,31)/t14-/m0/s1. The average molecular weight is 521 g/mol. The van der Waals surface area contributed by atoms with Crippen molar-refractivity contribution in [1.29, 1.82) is 0 Å². The number of nitrogens with zero attached hydrogens (tertiary/aromatic N) is 1. The highest BCUT2D eigenvalue weighted by Crippen LogP contribution is 2.31. The molecular weight excluding hydrogens is 498 g/mol. The van der Waals surface area contributed by atoms with Gasteiger partial charge in [0, 0.05) is 6.20 Å². The second-order valence-electron chi connectivity index (χ2n) is 8.57. The fraction of sp³-hybridized carbons (Fsp3) is 0.240. The highest BCUT2D eigenvalue weighted by Gasteiger charge is 2.20. The molecule has 0 radical (unpaired) electrons. The number of hydrogen-bond acceptors (Lipinski definition) is 6. The van der Waals surface area contributed by atoms with Crippen molar-refractivity contribution < 1.29 is 28.5 Å². The summed E-state index contributed by atoms with van der Waals surface area (Å²) in [6, 6.07) is 11.1. The quantitative estimate of drug-likeness (QED) is 0.275. The van der Waals surface area contributed by atoms with Crippen molar-refractivity contribution >= 4 is 35.1 Å². The minimum atomic E-state index is -0.631. The van der Waals surface area contributed by atoms with Crippen LogP contribution in [0.4, 0.5) is 4.39 Å². The Balaban J connectivity index is 1.72. The summed E-state index contributed by atoms with van der Waals surface area (Å²) in [5.74, 6) is -1.59. The number of carbonyl (C=O) groups is 2. The number of nitrogens with one attached hydrogen (secondary N) is 1. The van der Waals surface area contributed by atoms with Crippen molar-refractivity contribution in [3.05, 3.63) is 87.3 Å². The van der Waals surface area contributed by atoms with Gasteiger partial charge in [0.1, 0.15) is 22.7 Å². The zero-order valence-corrected chi connectivity index (χ0v) is 20.9. The third-order valence-electron chi connectivity index (χ3n) is 4.52. The fourth-order valence-corrected chi connectivity index (χ4v) is 3.17. The predicted molar refractivity (Wildman–Crippen MR) is 129 cm³/mol. The number of pyridine rings is 1. The van der Waals surface area contributed by atoms with E-state index in [0.717, 1.165) is 11.6 Å². The molecule has 3 aromatic rings. The molecule has 0 aliphatic carbocycles. The first-order chi connectivity index (χ1) is 16.4. The third kappa shape index (κ3) is 7.39. The van der Waals surface area contributed by atoms with E-state index in [9.17, 15) is 14.0 Å². The topological polar surface area (TPSA) is 86.8 Å². The molecule has 0 aliphatic rings. The van der Waals surface area contributed by atoms with Crippen LogP contribution in [0.1, 0.15) is 60.0 Å². The lowest BCUT2D eigenvalue weighted by atomic mass is 10.1. The maximum atomic E-state index is 13.3. The zero-order chi connectivity index (χ0) is 25.8. The highest BCUT2D eigenvalue weighted by molar-refractivity contribution is 6.32. The monoisotopic (exact) mass is 520 g/mol. The molecule has 0 unspecified atom stereocenters. The van der Waals surface area contributed by atoms with E-state index in [1.54, 1.807) is 52.0 Å². The van der Waals surface area contributed by atoms with Crippen LogP contribution in [0, 0.1) is 5.82 Å². The van der Waals surface area contributed by atoms with Crippen molar-refractivity contribution in [2.75, 3.05) is 0 Å². The van der Waals surface area contributed by atoms with E-state index in [0.29, 0.717) is 5.56 Å². The largest absolute Gasteiger partial charge is 0.437 e. The summed E-state index contributed by atoms with van der Waals surface area (Å²) >= 11 is 12.1. The summed E-state index contributed by atoms with van der Waals surface area (Å²) in [5.41, 5.74) is 0.450. The molecule has 0 bridgehead atoms. The molecular formula is C25H23Cl2FN2O5. The first kappa shape index (κ1) is 26.4. The fourth-order valence-electron chi connectivity index (χ4n) is 2.81. The van der Waals surface area contributed by atoms with Gasteiger partial charge >= 0.3 is 5.97 Å². The average Bonchev–Trinajstić information content (AvgIpc) is 2.79. The number of amides is 1. The molecule has 35 heavy (non-hydrogen) atoms. The summed E-state index contributed by atoms with van der Waals surface area (Å²) in [6.07, 6.45) is 1.32. The first-order valence-electron chi connectivity index (χ1n) is 10.5. The Hall–Kier alpha value is -3.20. The van der Waals surface area contributed by atoms with Gasteiger partial charge in [-0.2, -0.15) is 4.89 Å². The summed E-state index contributed by atoms with van der Waals surface area (Å²) in [6.45, 7) is 7.04. The molecule has 7 nitrogen and oxygen atoms in total. The van der Waals surface area contributed by atoms with Gasteiger partial charge in [-0.3, -0.25) is 9.68 Å². The smallest absolute Gasteiger partial charge is 0.373 e. The second-order valence-corrected chi connectivity index (χ2v) is 9.41. The third-order valence-corrected chi connectivity index (χ3v) is 5.03. The van der Waals surface area contributed by atoms with E-state index in [1.807, 2.05) is 0 Å². The summed E-state index contributed by atoms with van der Waals surface area (Å²) in [7, 11) is 0. The van der Waals surface area contributed by atoms with E-state index >= 15 is 0 Å². The summed E-state index contributed by atoms with van der Waals surface area (Å²) in [4.78, 5) is 39.1. The Bertz CT molecular complexity index is 1230.